The number of amides is 2. The zero-order valence-electron chi connectivity index (χ0n) is 37.1. The van der Waals surface area contributed by atoms with Crippen molar-refractivity contribution in [2.45, 2.75) is 58.9 Å². The zero-order valence-corrected chi connectivity index (χ0v) is 37.1. The van der Waals surface area contributed by atoms with Crippen LogP contribution in [-0.4, -0.2) is 29.9 Å². The topological polar surface area (TPSA) is 129 Å². The molecule has 2 amide bonds. The molecule has 0 saturated carbocycles. The lowest BCUT2D eigenvalue weighted by Gasteiger charge is -2.26. The minimum atomic E-state index is -0.471. The standard InChI is InChI=1S/C55H50N2O8/c1-7-36-11-20-42(21-12-36)62-46-9-8-10-47(32-46)63-45-27-18-41(19-28-45)56-52(60)51-33-49(22-13-37(51)34-58)65-44-25-16-40(17-26-44)55(5,6)39-14-23-43(24-15-39)64-48-29-30-50(38(31-48)35-59)53(61)57-54(2,3)4/h8-35H,7H2,1-6H3,(H,56,60)(H,57,61). The molecule has 2 N–H and O–H groups in total. The molecule has 0 aliphatic heterocycles. The summed E-state index contributed by atoms with van der Waals surface area (Å²) in [5.74, 6) is 3.68. The van der Waals surface area contributed by atoms with E-state index in [1.165, 1.54) is 5.56 Å². The van der Waals surface area contributed by atoms with Gasteiger partial charge in [-0.25, -0.2) is 0 Å². The van der Waals surface area contributed by atoms with Crippen molar-refractivity contribution in [1.29, 1.82) is 0 Å². The number of hydrogen-bond donors (Lipinski definition) is 2. The summed E-state index contributed by atoms with van der Waals surface area (Å²) < 4.78 is 24.3. The number of anilines is 1. The van der Waals surface area contributed by atoms with Gasteiger partial charge in [-0.3, -0.25) is 19.2 Å². The van der Waals surface area contributed by atoms with Gasteiger partial charge >= 0.3 is 0 Å². The number of hydrogen-bond acceptors (Lipinski definition) is 8. The third-order valence-electron chi connectivity index (χ3n) is 10.6. The van der Waals surface area contributed by atoms with E-state index in [-0.39, 0.29) is 28.2 Å². The molecule has 10 nitrogen and oxygen atoms in total. The molecule has 0 aromatic heterocycles. The summed E-state index contributed by atoms with van der Waals surface area (Å²) in [6.07, 6.45) is 2.24. The maximum Gasteiger partial charge on any atom is 0.256 e. The Morgan fingerprint density at radius 3 is 1.42 bits per heavy atom. The van der Waals surface area contributed by atoms with Crippen LogP contribution in [0.1, 0.15) is 99.7 Å². The highest BCUT2D eigenvalue weighted by Crippen LogP contribution is 2.36. The predicted octanol–water partition coefficient (Wildman–Crippen LogP) is 13.1. The molecule has 0 aliphatic carbocycles. The Labute approximate surface area is 379 Å². The van der Waals surface area contributed by atoms with Crippen LogP contribution in [0.2, 0.25) is 0 Å². The van der Waals surface area contributed by atoms with Crippen LogP contribution in [0.5, 0.6) is 46.0 Å². The molecule has 0 bridgehead atoms. The van der Waals surface area contributed by atoms with Gasteiger partial charge in [0.2, 0.25) is 0 Å². The van der Waals surface area contributed by atoms with E-state index in [9.17, 15) is 19.2 Å². The molecule has 0 unspecified atom stereocenters. The first-order valence-corrected chi connectivity index (χ1v) is 21.2. The van der Waals surface area contributed by atoms with Crippen molar-refractivity contribution in [2.75, 3.05) is 5.32 Å². The third-order valence-corrected chi connectivity index (χ3v) is 10.6. The maximum atomic E-state index is 13.5. The van der Waals surface area contributed by atoms with E-state index >= 15 is 0 Å². The van der Waals surface area contributed by atoms with Crippen molar-refractivity contribution in [3.63, 3.8) is 0 Å². The van der Waals surface area contributed by atoms with E-state index in [0.717, 1.165) is 23.3 Å². The lowest BCUT2D eigenvalue weighted by molar-refractivity contribution is 0.0914. The molecular weight excluding hydrogens is 817 g/mol. The predicted molar refractivity (Wildman–Crippen MR) is 253 cm³/mol. The molecule has 0 atom stereocenters. The molecule has 7 rings (SSSR count). The number of rotatable bonds is 16. The number of aryl methyl sites for hydroxylation is 1. The lowest BCUT2D eigenvalue weighted by atomic mass is 9.78. The van der Waals surface area contributed by atoms with Gasteiger partial charge < -0.3 is 29.6 Å². The molecule has 65 heavy (non-hydrogen) atoms. The van der Waals surface area contributed by atoms with Gasteiger partial charge in [0.25, 0.3) is 11.8 Å². The SMILES string of the molecule is CCc1ccc(Oc2cccc(Oc3ccc(NC(=O)c4cc(Oc5ccc(C(C)(C)c6ccc(Oc7ccc(C(=O)NC(C)(C)C)c(C=O)c7)cc6)cc5)ccc4C=O)cc3)c2)cc1. The van der Waals surface area contributed by atoms with Crippen LogP contribution < -0.4 is 29.6 Å². The van der Waals surface area contributed by atoms with Crippen LogP contribution in [0, 0.1) is 0 Å². The number of ether oxygens (including phenoxy) is 4. The van der Waals surface area contributed by atoms with E-state index in [1.54, 1.807) is 66.7 Å². The Hall–Kier alpha value is -7.98. The fourth-order valence-corrected chi connectivity index (χ4v) is 7.00. The Morgan fingerprint density at radius 1 is 0.477 bits per heavy atom. The van der Waals surface area contributed by atoms with Gasteiger partial charge in [0.05, 0.1) is 11.1 Å². The fraction of sp³-hybridized carbons (Fsp3) is 0.164. The molecule has 328 valence electrons. The monoisotopic (exact) mass is 866 g/mol. The van der Waals surface area contributed by atoms with Crippen molar-refractivity contribution >= 4 is 30.1 Å². The van der Waals surface area contributed by atoms with E-state index < -0.39 is 16.9 Å². The summed E-state index contributed by atoms with van der Waals surface area (Å²) in [6.45, 7) is 12.0. The summed E-state index contributed by atoms with van der Waals surface area (Å²) in [5.41, 5.74) is 3.87. The van der Waals surface area contributed by atoms with Crippen LogP contribution in [0.3, 0.4) is 0 Å². The maximum absolute atomic E-state index is 13.5. The number of carbonyl (C=O) groups excluding carboxylic acids is 4. The fourth-order valence-electron chi connectivity index (χ4n) is 7.00. The molecule has 0 aliphatic rings. The normalized spacial score (nSPS) is 11.2. The highest BCUT2D eigenvalue weighted by atomic mass is 16.5. The zero-order chi connectivity index (χ0) is 46.1. The molecular formula is C55H50N2O8. The van der Waals surface area contributed by atoms with Gasteiger partial charge in [0, 0.05) is 33.8 Å². The third kappa shape index (κ3) is 11.5. The second kappa shape index (κ2) is 19.6. The highest BCUT2D eigenvalue weighted by molar-refractivity contribution is 6.09. The lowest BCUT2D eigenvalue weighted by Crippen LogP contribution is -2.40. The van der Waals surface area contributed by atoms with E-state index in [4.69, 9.17) is 18.9 Å². The molecule has 0 saturated heterocycles. The van der Waals surface area contributed by atoms with Gasteiger partial charge in [-0.15, -0.1) is 0 Å². The summed E-state index contributed by atoms with van der Waals surface area (Å²) >= 11 is 0. The molecule has 0 spiro atoms. The van der Waals surface area contributed by atoms with E-state index in [1.807, 2.05) is 112 Å². The summed E-state index contributed by atoms with van der Waals surface area (Å²) in [7, 11) is 0. The summed E-state index contributed by atoms with van der Waals surface area (Å²) in [5, 5.41) is 5.75. The van der Waals surface area contributed by atoms with Gasteiger partial charge in [-0.1, -0.05) is 63.2 Å². The summed E-state index contributed by atoms with van der Waals surface area (Å²) in [4.78, 5) is 50.0. The summed E-state index contributed by atoms with van der Waals surface area (Å²) in [6, 6.07) is 47.2. The average molecular weight is 867 g/mol. The Bertz CT molecular complexity index is 2810. The number of benzene rings is 7. The molecule has 10 heteroatoms. The molecule has 0 fully saturated rings. The van der Waals surface area contributed by atoms with Crippen LogP contribution in [0.15, 0.2) is 158 Å². The van der Waals surface area contributed by atoms with Crippen LogP contribution in [-0.2, 0) is 11.8 Å². The van der Waals surface area contributed by atoms with Gasteiger partial charge in [-0.2, -0.15) is 0 Å². The second-order valence-electron chi connectivity index (χ2n) is 17.0. The van der Waals surface area contributed by atoms with Gasteiger partial charge in [0.1, 0.15) is 46.0 Å². The number of aldehydes is 2. The quantitative estimate of drug-likeness (QED) is 0.0919. The minimum absolute atomic E-state index is 0.161. The first-order valence-electron chi connectivity index (χ1n) is 21.2. The van der Waals surface area contributed by atoms with Crippen LogP contribution in [0.25, 0.3) is 0 Å². The smallest absolute Gasteiger partial charge is 0.256 e. The Morgan fingerprint density at radius 2 is 0.923 bits per heavy atom. The molecule has 0 heterocycles. The Balaban J connectivity index is 0.955. The largest absolute Gasteiger partial charge is 0.457 e. The molecule has 0 radical (unpaired) electrons. The van der Waals surface area contributed by atoms with Crippen molar-refractivity contribution < 1.29 is 38.1 Å². The Kier molecular flexibility index (Phi) is 13.6. The van der Waals surface area contributed by atoms with Gasteiger partial charge in [0.15, 0.2) is 12.6 Å². The van der Waals surface area contributed by atoms with Crippen LogP contribution >= 0.6 is 0 Å². The number of carbonyl (C=O) groups is 4. The van der Waals surface area contributed by atoms with Crippen LogP contribution in [0.4, 0.5) is 5.69 Å². The van der Waals surface area contributed by atoms with E-state index in [0.29, 0.717) is 58.5 Å². The average Bonchev–Trinajstić information content (AvgIpc) is 3.29. The van der Waals surface area contributed by atoms with Crippen molar-refractivity contribution in [3.05, 3.63) is 197 Å². The molecule has 7 aromatic rings. The minimum Gasteiger partial charge on any atom is -0.457 e. The van der Waals surface area contributed by atoms with Crippen molar-refractivity contribution in [1.82, 2.24) is 5.32 Å². The van der Waals surface area contributed by atoms with E-state index in [2.05, 4.69) is 31.4 Å². The highest BCUT2D eigenvalue weighted by Gasteiger charge is 2.24. The molecule has 7 aromatic carbocycles. The first kappa shape index (κ1) is 45.1. The number of nitrogens with one attached hydrogen (secondary N) is 2. The van der Waals surface area contributed by atoms with Gasteiger partial charge in [-0.05, 0) is 153 Å². The first-order chi connectivity index (χ1) is 31.2. The second-order valence-corrected chi connectivity index (χ2v) is 17.0. The van der Waals surface area contributed by atoms with Crippen molar-refractivity contribution in [2.24, 2.45) is 0 Å². The van der Waals surface area contributed by atoms with Crippen molar-refractivity contribution in [3.8, 4) is 46.0 Å².